The van der Waals surface area contributed by atoms with Crippen molar-refractivity contribution in [1.29, 1.82) is 0 Å². The van der Waals surface area contributed by atoms with Crippen molar-refractivity contribution in [3.05, 3.63) is 35.9 Å². The van der Waals surface area contributed by atoms with Crippen molar-refractivity contribution in [3.63, 3.8) is 0 Å². The van der Waals surface area contributed by atoms with Crippen LogP contribution in [0.1, 0.15) is 39.2 Å². The fraction of sp³-hybridized carbons (Fsp3) is 0.556. The smallest absolute Gasteiger partial charge is 0.310 e. The fourth-order valence-electron chi connectivity index (χ4n) is 2.99. The molecule has 0 aliphatic carbocycles. The number of rotatable bonds is 4. The first kappa shape index (κ1) is 16.5. The summed E-state index contributed by atoms with van der Waals surface area (Å²) in [5, 5.41) is 0. The third kappa shape index (κ3) is 3.49. The van der Waals surface area contributed by atoms with Crippen molar-refractivity contribution in [1.82, 2.24) is 4.90 Å². The Morgan fingerprint density at radius 2 is 1.95 bits per heavy atom. The Balaban J connectivity index is 2.10. The predicted octanol–water partition coefficient (Wildman–Crippen LogP) is 2.77. The van der Waals surface area contributed by atoms with Gasteiger partial charge in [-0.25, -0.2) is 0 Å². The number of carbonyl (C=O) groups excluding carboxylic acids is 2. The van der Waals surface area contributed by atoms with Crippen molar-refractivity contribution >= 4 is 11.9 Å². The molecule has 1 saturated heterocycles. The Morgan fingerprint density at radius 1 is 1.27 bits per heavy atom. The highest BCUT2D eigenvalue weighted by Gasteiger charge is 2.37. The van der Waals surface area contributed by atoms with Gasteiger partial charge in [0.25, 0.3) is 0 Å². The van der Waals surface area contributed by atoms with Gasteiger partial charge in [0.15, 0.2) is 0 Å². The van der Waals surface area contributed by atoms with E-state index in [4.69, 9.17) is 4.74 Å². The van der Waals surface area contributed by atoms with Crippen LogP contribution in [-0.2, 0) is 19.7 Å². The van der Waals surface area contributed by atoms with Crippen molar-refractivity contribution in [2.24, 2.45) is 5.92 Å². The van der Waals surface area contributed by atoms with E-state index >= 15 is 0 Å². The number of piperidine rings is 1. The molecule has 1 atom stereocenters. The lowest BCUT2D eigenvalue weighted by molar-refractivity contribution is -0.152. The SMILES string of the molecule is CCOC(=O)C1CCCN(C(=O)C(C)(C)c2ccccc2)C1. The van der Waals surface area contributed by atoms with Gasteiger partial charge in [0.2, 0.25) is 5.91 Å². The average molecular weight is 303 g/mol. The summed E-state index contributed by atoms with van der Waals surface area (Å²) in [5.74, 6) is -0.297. The van der Waals surface area contributed by atoms with E-state index in [1.807, 2.05) is 56.0 Å². The van der Waals surface area contributed by atoms with Gasteiger partial charge < -0.3 is 9.64 Å². The highest BCUT2D eigenvalue weighted by molar-refractivity contribution is 5.88. The minimum Gasteiger partial charge on any atom is -0.466 e. The van der Waals surface area contributed by atoms with E-state index in [1.165, 1.54) is 0 Å². The van der Waals surface area contributed by atoms with Crippen molar-refractivity contribution in [2.75, 3.05) is 19.7 Å². The van der Waals surface area contributed by atoms with Gasteiger partial charge in [0.05, 0.1) is 17.9 Å². The standard InChI is InChI=1S/C18H25NO3/c1-4-22-16(20)14-9-8-12-19(13-14)17(21)18(2,3)15-10-6-5-7-11-15/h5-7,10-11,14H,4,8-9,12-13H2,1-3H3. The van der Waals surface area contributed by atoms with Gasteiger partial charge in [-0.15, -0.1) is 0 Å². The lowest BCUT2D eigenvalue weighted by atomic mass is 9.82. The largest absolute Gasteiger partial charge is 0.466 e. The van der Waals surface area contributed by atoms with E-state index in [0.717, 1.165) is 18.4 Å². The van der Waals surface area contributed by atoms with Crippen LogP contribution < -0.4 is 0 Å². The van der Waals surface area contributed by atoms with Crippen LogP contribution in [0.4, 0.5) is 0 Å². The first-order chi connectivity index (χ1) is 10.5. The first-order valence-corrected chi connectivity index (χ1v) is 7.98. The van der Waals surface area contributed by atoms with Gasteiger partial charge in [0, 0.05) is 13.1 Å². The number of benzene rings is 1. The molecule has 0 radical (unpaired) electrons. The fourth-order valence-corrected chi connectivity index (χ4v) is 2.99. The van der Waals surface area contributed by atoms with Crippen LogP contribution in [0.15, 0.2) is 30.3 Å². The van der Waals surface area contributed by atoms with Crippen LogP contribution in [0.5, 0.6) is 0 Å². The molecule has 2 rings (SSSR count). The van der Waals surface area contributed by atoms with Gasteiger partial charge in [-0.3, -0.25) is 9.59 Å². The second kappa shape index (κ2) is 6.95. The van der Waals surface area contributed by atoms with E-state index in [-0.39, 0.29) is 17.8 Å². The molecule has 1 fully saturated rings. The molecule has 4 nitrogen and oxygen atoms in total. The summed E-state index contributed by atoms with van der Waals surface area (Å²) < 4.78 is 5.10. The van der Waals surface area contributed by atoms with Crippen LogP contribution in [0.3, 0.4) is 0 Å². The second-order valence-corrected chi connectivity index (χ2v) is 6.33. The summed E-state index contributed by atoms with van der Waals surface area (Å²) in [6.07, 6.45) is 1.65. The third-order valence-electron chi connectivity index (χ3n) is 4.36. The van der Waals surface area contributed by atoms with E-state index in [1.54, 1.807) is 0 Å². The van der Waals surface area contributed by atoms with Crippen LogP contribution in [0.25, 0.3) is 0 Å². The van der Waals surface area contributed by atoms with E-state index in [0.29, 0.717) is 19.7 Å². The van der Waals surface area contributed by atoms with Gasteiger partial charge in [-0.2, -0.15) is 0 Å². The lowest BCUT2D eigenvalue weighted by Crippen LogP contribution is -2.49. The van der Waals surface area contributed by atoms with E-state index in [9.17, 15) is 9.59 Å². The molecule has 1 aromatic rings. The molecule has 1 amide bonds. The maximum absolute atomic E-state index is 12.9. The zero-order chi connectivity index (χ0) is 16.2. The van der Waals surface area contributed by atoms with E-state index in [2.05, 4.69) is 0 Å². The molecule has 1 aliphatic heterocycles. The topological polar surface area (TPSA) is 46.6 Å². The van der Waals surface area contributed by atoms with Crippen LogP contribution in [0, 0.1) is 5.92 Å². The van der Waals surface area contributed by atoms with Gasteiger partial charge in [0.1, 0.15) is 0 Å². The Kier molecular flexibility index (Phi) is 5.22. The van der Waals surface area contributed by atoms with Crippen LogP contribution >= 0.6 is 0 Å². The molecule has 0 aromatic heterocycles. The summed E-state index contributed by atoms with van der Waals surface area (Å²) >= 11 is 0. The Morgan fingerprint density at radius 3 is 2.59 bits per heavy atom. The summed E-state index contributed by atoms with van der Waals surface area (Å²) in [6.45, 7) is 7.26. The number of esters is 1. The van der Waals surface area contributed by atoms with Crippen LogP contribution in [0.2, 0.25) is 0 Å². The monoisotopic (exact) mass is 303 g/mol. The molecule has 0 bridgehead atoms. The minimum atomic E-state index is -0.586. The Bertz CT molecular complexity index is 524. The molecule has 4 heteroatoms. The number of nitrogens with zero attached hydrogens (tertiary/aromatic N) is 1. The number of ether oxygens (including phenoxy) is 1. The Labute approximate surface area is 132 Å². The van der Waals surface area contributed by atoms with Gasteiger partial charge in [-0.05, 0) is 39.2 Å². The molecular weight excluding hydrogens is 278 g/mol. The highest BCUT2D eigenvalue weighted by Crippen LogP contribution is 2.28. The molecule has 1 heterocycles. The summed E-state index contributed by atoms with van der Waals surface area (Å²) in [5.41, 5.74) is 0.413. The normalized spacial score (nSPS) is 18.9. The van der Waals surface area contributed by atoms with Crippen molar-refractivity contribution in [2.45, 2.75) is 39.0 Å². The van der Waals surface area contributed by atoms with Gasteiger partial charge in [-0.1, -0.05) is 30.3 Å². The number of carbonyl (C=O) groups is 2. The number of hydrogen-bond acceptors (Lipinski definition) is 3. The zero-order valence-electron chi connectivity index (χ0n) is 13.7. The summed E-state index contributed by atoms with van der Waals surface area (Å²) in [7, 11) is 0. The average Bonchev–Trinajstić information content (AvgIpc) is 2.55. The quantitative estimate of drug-likeness (QED) is 0.804. The molecule has 1 aromatic carbocycles. The zero-order valence-corrected chi connectivity index (χ0v) is 13.7. The highest BCUT2D eigenvalue weighted by atomic mass is 16.5. The number of likely N-dealkylation sites (tertiary alicyclic amines) is 1. The van der Waals surface area contributed by atoms with E-state index < -0.39 is 5.41 Å². The molecule has 22 heavy (non-hydrogen) atoms. The molecule has 1 aliphatic rings. The molecule has 0 saturated carbocycles. The first-order valence-electron chi connectivity index (χ1n) is 7.98. The predicted molar refractivity (Wildman–Crippen MR) is 85.4 cm³/mol. The maximum Gasteiger partial charge on any atom is 0.310 e. The molecular formula is C18H25NO3. The van der Waals surface area contributed by atoms with Crippen LogP contribution in [-0.4, -0.2) is 36.5 Å². The lowest BCUT2D eigenvalue weighted by Gasteiger charge is -2.37. The summed E-state index contributed by atoms with van der Waals surface area (Å²) in [6, 6.07) is 9.79. The number of hydrogen-bond donors (Lipinski definition) is 0. The summed E-state index contributed by atoms with van der Waals surface area (Å²) in [4.78, 5) is 26.7. The van der Waals surface area contributed by atoms with Crippen molar-refractivity contribution < 1.29 is 14.3 Å². The molecule has 120 valence electrons. The third-order valence-corrected chi connectivity index (χ3v) is 4.36. The molecule has 1 unspecified atom stereocenters. The minimum absolute atomic E-state index is 0.0766. The second-order valence-electron chi connectivity index (χ2n) is 6.33. The maximum atomic E-state index is 12.9. The Hall–Kier alpha value is -1.84. The van der Waals surface area contributed by atoms with Crippen molar-refractivity contribution in [3.8, 4) is 0 Å². The molecule has 0 N–H and O–H groups in total. The number of amides is 1. The van der Waals surface area contributed by atoms with Gasteiger partial charge >= 0.3 is 5.97 Å². The molecule has 0 spiro atoms.